The van der Waals surface area contributed by atoms with E-state index < -0.39 is 5.60 Å². The van der Waals surface area contributed by atoms with Crippen molar-refractivity contribution in [3.05, 3.63) is 24.0 Å². The summed E-state index contributed by atoms with van der Waals surface area (Å²) in [7, 11) is 0. The Morgan fingerprint density at radius 1 is 1.69 bits per heavy atom. The zero-order chi connectivity index (χ0) is 12.0. The first-order valence-corrected chi connectivity index (χ1v) is 6.28. The molecule has 0 fully saturated rings. The Bertz CT molecular complexity index is 387. The van der Waals surface area contributed by atoms with E-state index in [1.54, 1.807) is 37.1 Å². The molecule has 5 heteroatoms. The van der Waals surface area contributed by atoms with Crippen LogP contribution in [0.1, 0.15) is 12.5 Å². The third-order valence-electron chi connectivity index (χ3n) is 2.06. The molecule has 0 amide bonds. The van der Waals surface area contributed by atoms with E-state index in [-0.39, 0.29) is 0 Å². The average molecular weight is 237 g/mol. The highest BCUT2D eigenvalue weighted by atomic mass is 32.2. The van der Waals surface area contributed by atoms with Crippen molar-refractivity contribution in [3.8, 4) is 6.07 Å². The summed E-state index contributed by atoms with van der Waals surface area (Å²) in [5.41, 5.74) is 0.406. The molecule has 0 bridgehead atoms. The molecule has 0 aliphatic heterocycles. The van der Waals surface area contributed by atoms with Crippen molar-refractivity contribution in [3.63, 3.8) is 0 Å². The first-order chi connectivity index (χ1) is 7.59. The molecule has 4 nitrogen and oxygen atoms in total. The second-order valence-corrected chi connectivity index (χ2v) is 4.68. The van der Waals surface area contributed by atoms with Gasteiger partial charge in [-0.1, -0.05) is 0 Å². The molecule has 1 heterocycles. The van der Waals surface area contributed by atoms with Gasteiger partial charge in [-0.05, 0) is 19.2 Å². The molecule has 0 aromatic carbocycles. The maximum absolute atomic E-state index is 9.95. The molecule has 1 unspecified atom stereocenters. The van der Waals surface area contributed by atoms with E-state index in [2.05, 4.69) is 16.4 Å². The van der Waals surface area contributed by atoms with Gasteiger partial charge in [0.2, 0.25) is 0 Å². The maximum Gasteiger partial charge on any atom is 0.101 e. The fraction of sp³-hybridized carbons (Fsp3) is 0.455. The molecule has 0 aliphatic rings. The fourth-order valence-corrected chi connectivity index (χ4v) is 2.00. The van der Waals surface area contributed by atoms with E-state index >= 15 is 0 Å². The number of nitrogens with zero attached hydrogens (tertiary/aromatic N) is 2. The predicted octanol–water partition coefficient (Wildman–Crippen LogP) is 1.48. The van der Waals surface area contributed by atoms with E-state index in [0.717, 1.165) is 0 Å². The Labute approximate surface area is 99.7 Å². The van der Waals surface area contributed by atoms with Gasteiger partial charge >= 0.3 is 0 Å². The molecule has 1 aromatic heterocycles. The molecule has 0 radical (unpaired) electrons. The summed E-state index contributed by atoms with van der Waals surface area (Å²) >= 11 is 1.58. The summed E-state index contributed by atoms with van der Waals surface area (Å²) in [6.45, 7) is 2.16. The van der Waals surface area contributed by atoms with E-state index in [9.17, 15) is 5.11 Å². The van der Waals surface area contributed by atoms with Crippen LogP contribution in [0.3, 0.4) is 0 Å². The summed E-state index contributed by atoms with van der Waals surface area (Å²) in [5, 5.41) is 21.9. The monoisotopic (exact) mass is 237 g/mol. The molecule has 1 atom stereocenters. The quantitative estimate of drug-likeness (QED) is 0.811. The zero-order valence-corrected chi connectivity index (χ0v) is 10.2. The second-order valence-electron chi connectivity index (χ2n) is 3.82. The van der Waals surface area contributed by atoms with Gasteiger partial charge in [0.1, 0.15) is 6.07 Å². The van der Waals surface area contributed by atoms with Gasteiger partial charge in [0.25, 0.3) is 0 Å². The van der Waals surface area contributed by atoms with Crippen LogP contribution in [0, 0.1) is 11.3 Å². The van der Waals surface area contributed by atoms with Gasteiger partial charge in [-0.25, -0.2) is 0 Å². The van der Waals surface area contributed by atoms with Gasteiger partial charge in [0, 0.05) is 18.5 Å². The van der Waals surface area contributed by atoms with Crippen LogP contribution in [0.5, 0.6) is 0 Å². The van der Waals surface area contributed by atoms with Crippen molar-refractivity contribution >= 4 is 17.4 Å². The first kappa shape index (κ1) is 12.8. The SMILES string of the molecule is CSCC(C)(O)CNc1cnccc1C#N. The molecule has 0 saturated carbocycles. The fourth-order valence-electron chi connectivity index (χ4n) is 1.28. The van der Waals surface area contributed by atoms with E-state index in [0.29, 0.717) is 23.5 Å². The third-order valence-corrected chi connectivity index (χ3v) is 2.97. The minimum Gasteiger partial charge on any atom is -0.387 e. The molecule has 0 spiro atoms. The van der Waals surface area contributed by atoms with Crippen LogP contribution in [-0.2, 0) is 0 Å². The van der Waals surface area contributed by atoms with Gasteiger partial charge in [0.15, 0.2) is 0 Å². The molecule has 86 valence electrons. The average Bonchev–Trinajstić information content (AvgIpc) is 2.27. The lowest BCUT2D eigenvalue weighted by atomic mass is 10.1. The van der Waals surface area contributed by atoms with Crippen molar-refractivity contribution in [1.29, 1.82) is 5.26 Å². The lowest BCUT2D eigenvalue weighted by Gasteiger charge is -2.23. The van der Waals surface area contributed by atoms with Gasteiger partial charge in [-0.3, -0.25) is 4.98 Å². The van der Waals surface area contributed by atoms with Crippen molar-refractivity contribution < 1.29 is 5.11 Å². The van der Waals surface area contributed by atoms with Gasteiger partial charge in [-0.15, -0.1) is 0 Å². The Hall–Kier alpha value is -1.25. The topological polar surface area (TPSA) is 68.9 Å². The Balaban J connectivity index is 2.65. The minimum absolute atomic E-state index is 0.397. The number of hydrogen-bond donors (Lipinski definition) is 2. The summed E-state index contributed by atoms with van der Waals surface area (Å²) in [6, 6.07) is 3.72. The van der Waals surface area contributed by atoms with E-state index in [4.69, 9.17) is 5.26 Å². The lowest BCUT2D eigenvalue weighted by Crippen LogP contribution is -2.36. The number of aromatic nitrogens is 1. The Morgan fingerprint density at radius 2 is 2.44 bits per heavy atom. The predicted molar refractivity (Wildman–Crippen MR) is 66.4 cm³/mol. The summed E-state index contributed by atoms with van der Waals surface area (Å²) < 4.78 is 0. The molecule has 0 aliphatic carbocycles. The number of pyridine rings is 1. The van der Waals surface area contributed by atoms with Crippen LogP contribution in [0.15, 0.2) is 18.5 Å². The normalized spacial score (nSPS) is 13.9. The van der Waals surface area contributed by atoms with Gasteiger partial charge in [-0.2, -0.15) is 17.0 Å². The number of nitriles is 1. The molecule has 1 rings (SSSR count). The van der Waals surface area contributed by atoms with Crippen LogP contribution in [0.25, 0.3) is 0 Å². The van der Waals surface area contributed by atoms with Crippen molar-refractivity contribution in [2.24, 2.45) is 0 Å². The summed E-state index contributed by atoms with van der Waals surface area (Å²) in [4.78, 5) is 3.94. The molecule has 0 saturated heterocycles. The van der Waals surface area contributed by atoms with Crippen LogP contribution >= 0.6 is 11.8 Å². The van der Waals surface area contributed by atoms with E-state index in [1.807, 2.05) is 6.26 Å². The highest BCUT2D eigenvalue weighted by Crippen LogP contribution is 2.15. The van der Waals surface area contributed by atoms with Crippen LogP contribution < -0.4 is 5.32 Å². The Morgan fingerprint density at radius 3 is 3.06 bits per heavy atom. The molecular formula is C11H15N3OS. The number of anilines is 1. The minimum atomic E-state index is -0.790. The highest BCUT2D eigenvalue weighted by molar-refractivity contribution is 7.98. The van der Waals surface area contributed by atoms with Crippen molar-refractivity contribution in [1.82, 2.24) is 4.98 Å². The van der Waals surface area contributed by atoms with E-state index in [1.165, 1.54) is 0 Å². The highest BCUT2D eigenvalue weighted by Gasteiger charge is 2.19. The Kier molecular flexibility index (Phi) is 4.59. The number of aliphatic hydroxyl groups is 1. The van der Waals surface area contributed by atoms with Crippen LogP contribution in [0.2, 0.25) is 0 Å². The number of nitrogens with one attached hydrogen (secondary N) is 1. The lowest BCUT2D eigenvalue weighted by molar-refractivity contribution is 0.0997. The zero-order valence-electron chi connectivity index (χ0n) is 9.40. The molecular weight excluding hydrogens is 222 g/mol. The summed E-state index contributed by atoms with van der Waals surface area (Å²) in [5.74, 6) is 0.641. The summed E-state index contributed by atoms with van der Waals surface area (Å²) in [6.07, 6.45) is 5.11. The number of rotatable bonds is 5. The standard InChI is InChI=1S/C11H15N3OS/c1-11(15,8-16-2)7-14-10-6-13-4-3-9(10)5-12/h3-4,6,14-15H,7-8H2,1-2H3. The molecule has 2 N–H and O–H groups in total. The maximum atomic E-state index is 9.95. The largest absolute Gasteiger partial charge is 0.387 e. The van der Waals surface area contributed by atoms with Crippen LogP contribution in [0.4, 0.5) is 5.69 Å². The molecule has 16 heavy (non-hydrogen) atoms. The second kappa shape index (κ2) is 5.73. The van der Waals surface area contributed by atoms with Crippen molar-refractivity contribution in [2.75, 3.05) is 23.9 Å². The van der Waals surface area contributed by atoms with Gasteiger partial charge < -0.3 is 10.4 Å². The first-order valence-electron chi connectivity index (χ1n) is 4.88. The number of thioether (sulfide) groups is 1. The smallest absolute Gasteiger partial charge is 0.101 e. The van der Waals surface area contributed by atoms with Crippen LogP contribution in [-0.4, -0.2) is 34.2 Å². The third kappa shape index (κ3) is 3.72. The van der Waals surface area contributed by atoms with Gasteiger partial charge in [0.05, 0.1) is 23.0 Å². The van der Waals surface area contributed by atoms with Crippen molar-refractivity contribution in [2.45, 2.75) is 12.5 Å². The molecule has 1 aromatic rings. The number of hydrogen-bond acceptors (Lipinski definition) is 5.